The van der Waals surface area contributed by atoms with Gasteiger partial charge in [-0.2, -0.15) is 0 Å². The number of halogens is 1. The van der Waals surface area contributed by atoms with Crippen LogP contribution < -0.4 is 0 Å². The van der Waals surface area contributed by atoms with Crippen LogP contribution in [-0.4, -0.2) is 11.1 Å². The van der Waals surface area contributed by atoms with Gasteiger partial charge < -0.3 is 5.11 Å². The molecule has 19 heavy (non-hydrogen) atoms. The standard InChI is InChI=1S/C16H15FO2/c1-2-5-11-6-3-7-12(10-11)13-8-4-9-14(15(13)17)16(18)19/h3-4,6-10H,2,5H2,1H3,(H,18,19). The van der Waals surface area contributed by atoms with Crippen molar-refractivity contribution >= 4 is 5.97 Å². The van der Waals surface area contributed by atoms with Crippen LogP contribution in [0.4, 0.5) is 4.39 Å². The quantitative estimate of drug-likeness (QED) is 0.894. The highest BCUT2D eigenvalue weighted by Gasteiger charge is 2.14. The van der Waals surface area contributed by atoms with Crippen molar-refractivity contribution in [2.45, 2.75) is 19.8 Å². The monoisotopic (exact) mass is 258 g/mol. The largest absolute Gasteiger partial charge is 0.478 e. The molecule has 0 unspecified atom stereocenters. The molecule has 0 amide bonds. The van der Waals surface area contributed by atoms with E-state index in [1.54, 1.807) is 18.2 Å². The van der Waals surface area contributed by atoms with E-state index in [0.29, 0.717) is 11.1 Å². The molecule has 98 valence electrons. The lowest BCUT2D eigenvalue weighted by molar-refractivity contribution is 0.0692. The van der Waals surface area contributed by atoms with Gasteiger partial charge in [0.25, 0.3) is 0 Å². The van der Waals surface area contributed by atoms with Crippen LogP contribution >= 0.6 is 0 Å². The minimum atomic E-state index is -1.25. The maximum absolute atomic E-state index is 14.1. The van der Waals surface area contributed by atoms with Gasteiger partial charge in [0.1, 0.15) is 5.82 Å². The first-order chi connectivity index (χ1) is 9.13. The fourth-order valence-corrected chi connectivity index (χ4v) is 2.10. The Kier molecular flexibility index (Phi) is 3.95. The Hall–Kier alpha value is -2.16. The fraction of sp³-hybridized carbons (Fsp3) is 0.188. The topological polar surface area (TPSA) is 37.3 Å². The van der Waals surface area contributed by atoms with Crippen molar-refractivity contribution in [3.8, 4) is 11.1 Å². The Morgan fingerprint density at radius 1 is 1.21 bits per heavy atom. The summed E-state index contributed by atoms with van der Waals surface area (Å²) in [7, 11) is 0. The van der Waals surface area contributed by atoms with E-state index in [-0.39, 0.29) is 5.56 Å². The summed E-state index contributed by atoms with van der Waals surface area (Å²) in [5.41, 5.74) is 1.88. The molecule has 2 rings (SSSR count). The second kappa shape index (κ2) is 5.65. The van der Waals surface area contributed by atoms with Crippen molar-refractivity contribution in [2.24, 2.45) is 0 Å². The van der Waals surface area contributed by atoms with Crippen LogP contribution in [0.2, 0.25) is 0 Å². The third kappa shape index (κ3) is 2.81. The number of carboxylic acids is 1. The number of rotatable bonds is 4. The maximum Gasteiger partial charge on any atom is 0.338 e. The molecule has 0 aliphatic rings. The molecule has 2 aromatic rings. The van der Waals surface area contributed by atoms with E-state index in [9.17, 15) is 9.18 Å². The van der Waals surface area contributed by atoms with Crippen LogP contribution in [0.25, 0.3) is 11.1 Å². The van der Waals surface area contributed by atoms with Crippen LogP contribution in [0.1, 0.15) is 29.3 Å². The maximum atomic E-state index is 14.1. The molecule has 0 spiro atoms. The van der Waals surface area contributed by atoms with Gasteiger partial charge in [0.2, 0.25) is 0 Å². The molecule has 0 bridgehead atoms. The summed E-state index contributed by atoms with van der Waals surface area (Å²) in [6.45, 7) is 2.08. The minimum Gasteiger partial charge on any atom is -0.478 e. The van der Waals surface area contributed by atoms with Gasteiger partial charge in [-0.05, 0) is 23.6 Å². The lowest BCUT2D eigenvalue weighted by Crippen LogP contribution is -2.01. The summed E-state index contributed by atoms with van der Waals surface area (Å²) in [6, 6.07) is 12.0. The molecule has 0 saturated heterocycles. The van der Waals surface area contributed by atoms with E-state index in [2.05, 4.69) is 6.92 Å². The van der Waals surface area contributed by atoms with Gasteiger partial charge in [0, 0.05) is 5.56 Å². The van der Waals surface area contributed by atoms with Crippen LogP contribution in [0.5, 0.6) is 0 Å². The molecule has 2 nitrogen and oxygen atoms in total. The minimum absolute atomic E-state index is 0.293. The van der Waals surface area contributed by atoms with Gasteiger partial charge in [-0.15, -0.1) is 0 Å². The molecule has 0 aromatic heterocycles. The molecule has 0 atom stereocenters. The summed E-state index contributed by atoms with van der Waals surface area (Å²) in [5.74, 6) is -1.92. The number of benzene rings is 2. The lowest BCUT2D eigenvalue weighted by atomic mass is 9.99. The highest BCUT2D eigenvalue weighted by molar-refractivity contribution is 5.90. The Labute approximate surface area is 111 Å². The number of carboxylic acid groups (broad SMARTS) is 1. The number of aryl methyl sites for hydroxylation is 1. The highest BCUT2D eigenvalue weighted by atomic mass is 19.1. The van der Waals surface area contributed by atoms with E-state index >= 15 is 0 Å². The zero-order chi connectivity index (χ0) is 13.8. The van der Waals surface area contributed by atoms with Crippen LogP contribution in [-0.2, 0) is 6.42 Å². The molecule has 1 N–H and O–H groups in total. The Bertz CT molecular complexity index is 605. The van der Waals surface area contributed by atoms with E-state index < -0.39 is 11.8 Å². The fourth-order valence-electron chi connectivity index (χ4n) is 2.10. The average molecular weight is 258 g/mol. The molecular weight excluding hydrogens is 243 g/mol. The van der Waals surface area contributed by atoms with Gasteiger partial charge in [-0.25, -0.2) is 9.18 Å². The van der Waals surface area contributed by atoms with Gasteiger partial charge in [-0.3, -0.25) is 0 Å². The van der Waals surface area contributed by atoms with Crippen molar-refractivity contribution < 1.29 is 14.3 Å². The number of hydrogen-bond acceptors (Lipinski definition) is 1. The lowest BCUT2D eigenvalue weighted by Gasteiger charge is -2.07. The molecule has 0 fully saturated rings. The average Bonchev–Trinajstić information content (AvgIpc) is 2.39. The first kappa shape index (κ1) is 13.3. The van der Waals surface area contributed by atoms with Crippen LogP contribution in [0.3, 0.4) is 0 Å². The zero-order valence-electron chi connectivity index (χ0n) is 10.7. The summed E-state index contributed by atoms with van der Waals surface area (Å²) in [6.07, 6.45) is 1.94. The van der Waals surface area contributed by atoms with Gasteiger partial charge in [0.15, 0.2) is 0 Å². The second-order valence-corrected chi connectivity index (χ2v) is 4.42. The van der Waals surface area contributed by atoms with Crippen molar-refractivity contribution in [2.75, 3.05) is 0 Å². The van der Waals surface area contributed by atoms with Crippen LogP contribution in [0.15, 0.2) is 42.5 Å². The Morgan fingerprint density at radius 3 is 2.63 bits per heavy atom. The molecule has 3 heteroatoms. The Balaban J connectivity index is 2.50. The van der Waals surface area contributed by atoms with E-state index in [0.717, 1.165) is 18.4 Å². The summed E-state index contributed by atoms with van der Waals surface area (Å²) in [5, 5.41) is 8.94. The molecule has 0 aliphatic carbocycles. The third-order valence-corrected chi connectivity index (χ3v) is 3.01. The Morgan fingerprint density at radius 2 is 1.95 bits per heavy atom. The highest BCUT2D eigenvalue weighted by Crippen LogP contribution is 2.26. The van der Waals surface area contributed by atoms with Crippen molar-refractivity contribution in [1.29, 1.82) is 0 Å². The number of aromatic carboxylic acids is 1. The first-order valence-corrected chi connectivity index (χ1v) is 6.24. The molecular formula is C16H15FO2. The second-order valence-electron chi connectivity index (χ2n) is 4.42. The molecule has 0 aliphatic heterocycles. The first-order valence-electron chi connectivity index (χ1n) is 6.24. The zero-order valence-corrected chi connectivity index (χ0v) is 10.7. The smallest absolute Gasteiger partial charge is 0.338 e. The number of hydrogen-bond donors (Lipinski definition) is 1. The van der Waals surface area contributed by atoms with Crippen molar-refractivity contribution in [1.82, 2.24) is 0 Å². The van der Waals surface area contributed by atoms with E-state index in [1.807, 2.05) is 18.2 Å². The molecule has 0 heterocycles. The van der Waals surface area contributed by atoms with Gasteiger partial charge in [-0.1, -0.05) is 49.7 Å². The van der Waals surface area contributed by atoms with Crippen molar-refractivity contribution in [3.63, 3.8) is 0 Å². The molecule has 0 radical (unpaired) electrons. The van der Waals surface area contributed by atoms with Crippen LogP contribution in [0, 0.1) is 5.82 Å². The predicted octanol–water partition coefficient (Wildman–Crippen LogP) is 4.14. The van der Waals surface area contributed by atoms with Crippen molar-refractivity contribution in [3.05, 3.63) is 59.4 Å². The summed E-state index contributed by atoms with van der Waals surface area (Å²) < 4.78 is 14.1. The molecule has 0 saturated carbocycles. The SMILES string of the molecule is CCCc1cccc(-c2cccc(C(=O)O)c2F)c1. The summed E-state index contributed by atoms with van der Waals surface area (Å²) >= 11 is 0. The van der Waals surface area contributed by atoms with Gasteiger partial charge >= 0.3 is 5.97 Å². The van der Waals surface area contributed by atoms with E-state index in [1.165, 1.54) is 6.07 Å². The summed E-state index contributed by atoms with van der Waals surface area (Å²) in [4.78, 5) is 10.9. The molecule has 2 aromatic carbocycles. The van der Waals surface area contributed by atoms with E-state index in [4.69, 9.17) is 5.11 Å². The number of carbonyl (C=O) groups is 1. The normalized spacial score (nSPS) is 10.4. The van der Waals surface area contributed by atoms with Gasteiger partial charge in [0.05, 0.1) is 5.56 Å². The predicted molar refractivity (Wildman–Crippen MR) is 72.8 cm³/mol. The third-order valence-electron chi connectivity index (χ3n) is 3.01.